The first-order valence-electron chi connectivity index (χ1n) is 2.18. The molecule has 0 aliphatic carbocycles. The fraction of sp³-hybridized carbons (Fsp3) is 0.333. The van der Waals surface area contributed by atoms with E-state index in [0.717, 1.165) is 5.75 Å². The Balaban J connectivity index is 2.92. The van der Waals surface area contributed by atoms with Crippen molar-refractivity contribution in [2.45, 2.75) is 0 Å². The van der Waals surface area contributed by atoms with E-state index in [1.54, 1.807) is 17.8 Å². The van der Waals surface area contributed by atoms with E-state index in [2.05, 4.69) is 18.9 Å². The second-order valence-corrected chi connectivity index (χ2v) is 2.03. The molecule has 0 aliphatic heterocycles. The molecular formula is C6H10S. The van der Waals surface area contributed by atoms with Gasteiger partial charge in [0.1, 0.15) is 0 Å². The molecule has 0 bridgehead atoms. The third kappa shape index (κ3) is 5.83. The predicted molar refractivity (Wildman–Crippen MR) is 37.7 cm³/mol. The van der Waals surface area contributed by atoms with Crippen molar-refractivity contribution in [1.29, 1.82) is 0 Å². The Morgan fingerprint density at radius 1 is 1.71 bits per heavy atom. The van der Waals surface area contributed by atoms with Crippen molar-refractivity contribution in [3.8, 4) is 0 Å². The molecule has 0 saturated heterocycles. The van der Waals surface area contributed by atoms with Crippen LogP contribution in [0, 0.1) is 0 Å². The Hall–Kier alpha value is -0.170. The summed E-state index contributed by atoms with van der Waals surface area (Å²) in [4.78, 5) is 0. The van der Waals surface area contributed by atoms with E-state index >= 15 is 0 Å². The molecule has 0 fully saturated rings. The first-order chi connectivity index (χ1) is 3.41. The Bertz CT molecular complexity index is 64.6. The van der Waals surface area contributed by atoms with E-state index in [-0.39, 0.29) is 0 Å². The number of allylic oxidation sites excluding steroid dienone is 2. The third-order valence-electron chi connectivity index (χ3n) is 0.535. The summed E-state index contributed by atoms with van der Waals surface area (Å²) in [6.07, 6.45) is 7.90. The first kappa shape index (κ1) is 6.83. The lowest BCUT2D eigenvalue weighted by Crippen LogP contribution is -1.61. The van der Waals surface area contributed by atoms with Gasteiger partial charge in [-0.3, -0.25) is 0 Å². The van der Waals surface area contributed by atoms with Crippen molar-refractivity contribution in [2.24, 2.45) is 0 Å². The summed E-state index contributed by atoms with van der Waals surface area (Å²) < 4.78 is 0. The molecule has 0 atom stereocenters. The Labute approximate surface area is 49.3 Å². The van der Waals surface area contributed by atoms with Gasteiger partial charge in [-0.2, -0.15) is 11.8 Å². The summed E-state index contributed by atoms with van der Waals surface area (Å²) in [6, 6.07) is 0. The van der Waals surface area contributed by atoms with Gasteiger partial charge in [0.05, 0.1) is 0 Å². The van der Waals surface area contributed by atoms with Crippen LogP contribution in [0.4, 0.5) is 0 Å². The Morgan fingerprint density at radius 2 is 2.43 bits per heavy atom. The number of hydrogen-bond donors (Lipinski definition) is 0. The smallest absolute Gasteiger partial charge is 0.0113 e. The van der Waals surface area contributed by atoms with E-state index in [9.17, 15) is 0 Å². The average Bonchev–Trinajstić information content (AvgIpc) is 1.69. The van der Waals surface area contributed by atoms with Crippen LogP contribution in [0.15, 0.2) is 24.8 Å². The number of hydrogen-bond acceptors (Lipinski definition) is 1. The highest BCUT2D eigenvalue weighted by molar-refractivity contribution is 7.98. The quantitative estimate of drug-likeness (QED) is 0.506. The summed E-state index contributed by atoms with van der Waals surface area (Å²) in [6.45, 7) is 3.54. The van der Waals surface area contributed by atoms with Crippen molar-refractivity contribution in [2.75, 3.05) is 12.0 Å². The molecule has 1 heteroatoms. The lowest BCUT2D eigenvalue weighted by molar-refractivity contribution is 1.76. The molecule has 0 rings (SSSR count). The number of thioether (sulfide) groups is 1. The zero-order valence-corrected chi connectivity index (χ0v) is 5.37. The minimum absolute atomic E-state index is 1.09. The summed E-state index contributed by atoms with van der Waals surface area (Å²) >= 11 is 1.81. The maximum Gasteiger partial charge on any atom is 0.0113 e. The second-order valence-electron chi connectivity index (χ2n) is 1.12. The lowest BCUT2D eigenvalue weighted by atomic mass is 10.5. The van der Waals surface area contributed by atoms with Crippen LogP contribution in [0.5, 0.6) is 0 Å². The summed E-state index contributed by atoms with van der Waals surface area (Å²) in [5.41, 5.74) is 0. The highest BCUT2D eigenvalue weighted by atomic mass is 32.2. The van der Waals surface area contributed by atoms with Crippen LogP contribution in [-0.2, 0) is 0 Å². The van der Waals surface area contributed by atoms with Crippen molar-refractivity contribution >= 4 is 11.8 Å². The topological polar surface area (TPSA) is 0 Å². The van der Waals surface area contributed by atoms with Gasteiger partial charge in [0.25, 0.3) is 0 Å². The monoisotopic (exact) mass is 114 g/mol. The summed E-state index contributed by atoms with van der Waals surface area (Å²) in [5, 5.41) is 0. The minimum Gasteiger partial charge on any atom is -0.161 e. The molecule has 0 N–H and O–H groups in total. The van der Waals surface area contributed by atoms with E-state index in [0.29, 0.717) is 0 Å². The standard InChI is InChI=1S/C6H10S/c1-3-4-5-6-7-2/h3-5H,1,6H2,2H3/b5-4+. The zero-order chi connectivity index (χ0) is 5.54. The van der Waals surface area contributed by atoms with Gasteiger partial charge in [0.15, 0.2) is 0 Å². The predicted octanol–water partition coefficient (Wildman–Crippen LogP) is 2.09. The van der Waals surface area contributed by atoms with Crippen LogP contribution in [0.25, 0.3) is 0 Å². The van der Waals surface area contributed by atoms with Crippen molar-refractivity contribution < 1.29 is 0 Å². The highest BCUT2D eigenvalue weighted by Crippen LogP contribution is 1.90. The molecule has 0 amide bonds. The van der Waals surface area contributed by atoms with E-state index in [1.165, 1.54) is 0 Å². The van der Waals surface area contributed by atoms with Crippen LogP contribution in [0.2, 0.25) is 0 Å². The molecule has 0 unspecified atom stereocenters. The molecule has 40 valence electrons. The van der Waals surface area contributed by atoms with Crippen LogP contribution < -0.4 is 0 Å². The van der Waals surface area contributed by atoms with E-state index < -0.39 is 0 Å². The largest absolute Gasteiger partial charge is 0.161 e. The molecule has 0 aromatic carbocycles. The molecule has 0 saturated carbocycles. The van der Waals surface area contributed by atoms with Crippen molar-refractivity contribution in [3.05, 3.63) is 24.8 Å². The second kappa shape index (κ2) is 5.83. The molecule has 0 heterocycles. The average molecular weight is 114 g/mol. The fourth-order valence-electron chi connectivity index (χ4n) is 0.248. The van der Waals surface area contributed by atoms with Crippen LogP contribution in [0.3, 0.4) is 0 Å². The van der Waals surface area contributed by atoms with Crippen LogP contribution in [0.1, 0.15) is 0 Å². The summed E-state index contributed by atoms with van der Waals surface area (Å²) in [5.74, 6) is 1.09. The van der Waals surface area contributed by atoms with Gasteiger partial charge < -0.3 is 0 Å². The Morgan fingerprint density at radius 3 is 2.86 bits per heavy atom. The zero-order valence-electron chi connectivity index (χ0n) is 4.55. The molecule has 7 heavy (non-hydrogen) atoms. The summed E-state index contributed by atoms with van der Waals surface area (Å²) in [7, 11) is 0. The van der Waals surface area contributed by atoms with Gasteiger partial charge in [-0.1, -0.05) is 24.8 Å². The maximum absolute atomic E-state index is 3.54. The van der Waals surface area contributed by atoms with Gasteiger partial charge in [-0.15, -0.1) is 0 Å². The van der Waals surface area contributed by atoms with Crippen molar-refractivity contribution in [1.82, 2.24) is 0 Å². The maximum atomic E-state index is 3.54. The number of rotatable bonds is 3. The van der Waals surface area contributed by atoms with Gasteiger partial charge >= 0.3 is 0 Å². The van der Waals surface area contributed by atoms with Gasteiger partial charge in [-0.25, -0.2) is 0 Å². The molecule has 0 aromatic heterocycles. The molecule has 0 aromatic rings. The molecule has 0 aliphatic rings. The van der Waals surface area contributed by atoms with E-state index in [1.807, 2.05) is 6.08 Å². The normalized spacial score (nSPS) is 9.86. The van der Waals surface area contributed by atoms with Crippen LogP contribution in [-0.4, -0.2) is 12.0 Å². The van der Waals surface area contributed by atoms with Gasteiger partial charge in [-0.05, 0) is 6.26 Å². The van der Waals surface area contributed by atoms with Crippen molar-refractivity contribution in [3.63, 3.8) is 0 Å². The molecule has 0 radical (unpaired) electrons. The fourth-order valence-corrected chi connectivity index (χ4v) is 0.552. The lowest BCUT2D eigenvalue weighted by Gasteiger charge is -1.78. The first-order valence-corrected chi connectivity index (χ1v) is 3.57. The Kier molecular flexibility index (Phi) is 5.69. The minimum atomic E-state index is 1.09. The SMILES string of the molecule is C=C/C=C/CSC. The molecule has 0 nitrogen and oxygen atoms in total. The highest BCUT2D eigenvalue weighted by Gasteiger charge is 1.65. The third-order valence-corrected chi connectivity index (χ3v) is 1.06. The molecular weight excluding hydrogens is 104 g/mol. The van der Waals surface area contributed by atoms with Gasteiger partial charge in [0.2, 0.25) is 0 Å². The van der Waals surface area contributed by atoms with Crippen LogP contribution >= 0.6 is 11.8 Å². The molecule has 0 spiro atoms. The van der Waals surface area contributed by atoms with Gasteiger partial charge in [0, 0.05) is 5.75 Å². The van der Waals surface area contributed by atoms with E-state index in [4.69, 9.17) is 0 Å².